The summed E-state index contributed by atoms with van der Waals surface area (Å²) in [4.78, 5) is 0. The molecule has 21 heavy (non-hydrogen) atoms. The largest absolute Gasteiger partial charge is 0.324 e. The number of halogens is 2. The summed E-state index contributed by atoms with van der Waals surface area (Å²) >= 11 is 12.6. The van der Waals surface area contributed by atoms with Crippen LogP contribution >= 0.6 is 23.2 Å². The quantitative estimate of drug-likeness (QED) is 0.889. The predicted molar refractivity (Wildman–Crippen MR) is 89.1 cm³/mol. The zero-order valence-electron chi connectivity index (χ0n) is 12.7. The fourth-order valence-electron chi connectivity index (χ4n) is 2.52. The fourth-order valence-corrected chi connectivity index (χ4v) is 3.16. The van der Waals surface area contributed by atoms with Gasteiger partial charge in [-0.2, -0.15) is 5.10 Å². The monoisotopic (exact) mass is 325 g/mol. The van der Waals surface area contributed by atoms with Gasteiger partial charge in [-0.15, -0.1) is 0 Å². The molecule has 2 aromatic rings. The minimum Gasteiger partial charge on any atom is -0.324 e. The number of aromatic nitrogens is 2. The second kappa shape index (κ2) is 6.82. The van der Waals surface area contributed by atoms with E-state index >= 15 is 0 Å². The average Bonchev–Trinajstić information content (AvgIpc) is 2.74. The Kier molecular flexibility index (Phi) is 5.31. The molecule has 0 aliphatic carbocycles. The van der Waals surface area contributed by atoms with Gasteiger partial charge in [0.15, 0.2) is 0 Å². The van der Waals surface area contributed by atoms with Gasteiger partial charge in [-0.1, -0.05) is 36.2 Å². The van der Waals surface area contributed by atoms with Gasteiger partial charge in [0.2, 0.25) is 0 Å². The van der Waals surface area contributed by atoms with Crippen LogP contribution in [0.1, 0.15) is 42.4 Å². The highest BCUT2D eigenvalue weighted by molar-refractivity contribution is 6.32. The number of rotatable bonds is 5. The third-order valence-electron chi connectivity index (χ3n) is 3.60. The van der Waals surface area contributed by atoms with E-state index < -0.39 is 0 Å². The number of nitrogens with two attached hydrogens (primary N) is 1. The SMILES string of the molecule is CCc1nn(CC)c(CC(N)c2cc(C)cc(Cl)c2)c1Cl. The molecule has 0 fully saturated rings. The highest BCUT2D eigenvalue weighted by Crippen LogP contribution is 2.27. The van der Waals surface area contributed by atoms with Crippen molar-refractivity contribution in [3.63, 3.8) is 0 Å². The summed E-state index contributed by atoms with van der Waals surface area (Å²) in [5, 5.41) is 5.99. The molecule has 5 heteroatoms. The van der Waals surface area contributed by atoms with E-state index in [-0.39, 0.29) is 6.04 Å². The van der Waals surface area contributed by atoms with Gasteiger partial charge >= 0.3 is 0 Å². The van der Waals surface area contributed by atoms with Crippen LogP contribution in [0.4, 0.5) is 0 Å². The first-order valence-electron chi connectivity index (χ1n) is 7.23. The molecule has 2 N–H and O–H groups in total. The molecular weight excluding hydrogens is 305 g/mol. The Morgan fingerprint density at radius 3 is 2.52 bits per heavy atom. The van der Waals surface area contributed by atoms with Crippen LogP contribution in [-0.4, -0.2) is 9.78 Å². The number of aryl methyl sites for hydroxylation is 3. The summed E-state index contributed by atoms with van der Waals surface area (Å²) < 4.78 is 1.94. The molecule has 1 heterocycles. The van der Waals surface area contributed by atoms with Gasteiger partial charge in [0, 0.05) is 24.0 Å². The van der Waals surface area contributed by atoms with E-state index in [1.165, 1.54) is 0 Å². The lowest BCUT2D eigenvalue weighted by Gasteiger charge is -2.14. The number of nitrogens with zero attached hydrogens (tertiary/aromatic N) is 2. The van der Waals surface area contributed by atoms with Gasteiger partial charge in [-0.3, -0.25) is 4.68 Å². The van der Waals surface area contributed by atoms with Crippen LogP contribution in [0, 0.1) is 6.92 Å². The summed E-state index contributed by atoms with van der Waals surface area (Å²) in [5.41, 5.74) is 10.4. The van der Waals surface area contributed by atoms with Crippen LogP contribution in [0.5, 0.6) is 0 Å². The van der Waals surface area contributed by atoms with Gasteiger partial charge in [0.25, 0.3) is 0 Å². The fraction of sp³-hybridized carbons (Fsp3) is 0.438. The van der Waals surface area contributed by atoms with Gasteiger partial charge in [0.1, 0.15) is 0 Å². The molecule has 0 spiro atoms. The summed E-state index contributed by atoms with van der Waals surface area (Å²) in [7, 11) is 0. The van der Waals surface area contributed by atoms with Gasteiger partial charge < -0.3 is 5.73 Å². The lowest BCUT2D eigenvalue weighted by Crippen LogP contribution is -2.16. The van der Waals surface area contributed by atoms with Crippen molar-refractivity contribution in [2.45, 2.75) is 46.2 Å². The molecule has 114 valence electrons. The minimum absolute atomic E-state index is 0.147. The molecule has 3 nitrogen and oxygen atoms in total. The van der Waals surface area contributed by atoms with E-state index in [0.717, 1.165) is 40.5 Å². The van der Waals surface area contributed by atoms with E-state index in [1.54, 1.807) is 0 Å². The summed E-state index contributed by atoms with van der Waals surface area (Å²) in [6, 6.07) is 5.76. The Morgan fingerprint density at radius 2 is 1.95 bits per heavy atom. The maximum atomic E-state index is 6.44. The van der Waals surface area contributed by atoms with Crippen molar-refractivity contribution in [1.82, 2.24) is 9.78 Å². The Morgan fingerprint density at radius 1 is 1.24 bits per heavy atom. The smallest absolute Gasteiger partial charge is 0.0850 e. The predicted octanol–water partition coefficient (Wildman–Crippen LogP) is 4.32. The van der Waals surface area contributed by atoms with Crippen molar-refractivity contribution in [1.29, 1.82) is 0 Å². The Labute approximate surface area is 136 Å². The maximum Gasteiger partial charge on any atom is 0.0850 e. The molecule has 0 aliphatic rings. The number of hydrogen-bond acceptors (Lipinski definition) is 2. The lowest BCUT2D eigenvalue weighted by atomic mass is 10.0. The third kappa shape index (κ3) is 3.60. The molecule has 0 amide bonds. The van der Waals surface area contributed by atoms with Crippen molar-refractivity contribution in [2.24, 2.45) is 5.73 Å². The normalized spacial score (nSPS) is 12.7. The van der Waals surface area contributed by atoms with E-state index in [1.807, 2.05) is 23.7 Å². The molecule has 0 radical (unpaired) electrons. The molecule has 0 bridgehead atoms. The molecule has 2 rings (SSSR count). The lowest BCUT2D eigenvalue weighted by molar-refractivity contribution is 0.585. The van der Waals surface area contributed by atoms with E-state index in [2.05, 4.69) is 25.0 Å². The van der Waals surface area contributed by atoms with Crippen molar-refractivity contribution < 1.29 is 0 Å². The zero-order valence-corrected chi connectivity index (χ0v) is 14.2. The molecule has 1 aromatic heterocycles. The van der Waals surface area contributed by atoms with Crippen molar-refractivity contribution in [3.8, 4) is 0 Å². The van der Waals surface area contributed by atoms with Crippen LogP contribution in [0.25, 0.3) is 0 Å². The summed E-state index contributed by atoms with van der Waals surface area (Å²) in [6.07, 6.45) is 1.48. The Balaban J connectivity index is 2.30. The standard InChI is InChI=1S/C16H21Cl2N3/c1-4-14-16(18)15(21(5-2)20-14)9-13(19)11-6-10(3)7-12(17)8-11/h6-8,13H,4-5,9,19H2,1-3H3. The van der Waals surface area contributed by atoms with Crippen molar-refractivity contribution in [2.75, 3.05) is 0 Å². The highest BCUT2D eigenvalue weighted by Gasteiger charge is 2.18. The molecule has 1 aromatic carbocycles. The van der Waals surface area contributed by atoms with Crippen LogP contribution in [0.3, 0.4) is 0 Å². The molecule has 0 saturated carbocycles. The first-order chi connectivity index (χ1) is 9.96. The molecule has 1 atom stereocenters. The highest BCUT2D eigenvalue weighted by atomic mass is 35.5. The van der Waals surface area contributed by atoms with Crippen LogP contribution in [-0.2, 0) is 19.4 Å². The Bertz CT molecular complexity index is 614. The molecule has 0 saturated heterocycles. The van der Waals surface area contributed by atoms with Gasteiger partial charge in [0.05, 0.1) is 16.4 Å². The van der Waals surface area contributed by atoms with Crippen LogP contribution in [0.2, 0.25) is 10.0 Å². The van der Waals surface area contributed by atoms with Gasteiger partial charge in [-0.25, -0.2) is 0 Å². The van der Waals surface area contributed by atoms with Gasteiger partial charge in [-0.05, 0) is 43.5 Å². The summed E-state index contributed by atoms with van der Waals surface area (Å²) in [5.74, 6) is 0. The topological polar surface area (TPSA) is 43.8 Å². The van der Waals surface area contributed by atoms with E-state index in [9.17, 15) is 0 Å². The first kappa shape index (κ1) is 16.3. The van der Waals surface area contributed by atoms with E-state index in [4.69, 9.17) is 28.9 Å². The van der Waals surface area contributed by atoms with Crippen LogP contribution < -0.4 is 5.73 Å². The maximum absolute atomic E-state index is 6.44. The second-order valence-electron chi connectivity index (χ2n) is 5.25. The third-order valence-corrected chi connectivity index (χ3v) is 4.25. The minimum atomic E-state index is -0.147. The van der Waals surface area contributed by atoms with Crippen molar-refractivity contribution in [3.05, 3.63) is 50.8 Å². The Hall–Kier alpha value is -1.03. The number of hydrogen-bond donors (Lipinski definition) is 1. The van der Waals surface area contributed by atoms with Crippen LogP contribution in [0.15, 0.2) is 18.2 Å². The molecular formula is C16H21Cl2N3. The van der Waals surface area contributed by atoms with E-state index in [0.29, 0.717) is 11.4 Å². The van der Waals surface area contributed by atoms with Crippen molar-refractivity contribution >= 4 is 23.2 Å². The second-order valence-corrected chi connectivity index (χ2v) is 6.06. The zero-order chi connectivity index (χ0) is 15.6. The molecule has 1 unspecified atom stereocenters. The first-order valence-corrected chi connectivity index (χ1v) is 7.98. The summed E-state index contributed by atoms with van der Waals surface area (Å²) in [6.45, 7) is 6.91. The molecule has 0 aliphatic heterocycles. The number of benzene rings is 1. The average molecular weight is 326 g/mol.